The Bertz CT molecular complexity index is 1870. The Hall–Kier alpha value is -1.94. The molecule has 0 saturated carbocycles. The second kappa shape index (κ2) is 72.0. The predicted octanol–water partition coefficient (Wildman–Crippen LogP) is 23.6. The number of carbonyl (C=O) groups excluding carboxylic acids is 4. The molecule has 0 amide bonds. The molecule has 0 spiro atoms. The summed E-state index contributed by atoms with van der Waals surface area (Å²) in [6.07, 6.45) is 62.7. The van der Waals surface area contributed by atoms with Crippen molar-refractivity contribution < 1.29 is 80.2 Å². The van der Waals surface area contributed by atoms with E-state index in [9.17, 15) is 43.2 Å². The number of aliphatic hydroxyl groups excluding tert-OH is 1. The maximum atomic E-state index is 13.1. The molecule has 0 radical (unpaired) electrons. The summed E-state index contributed by atoms with van der Waals surface area (Å²) in [7, 11) is -9.91. The Labute approximate surface area is 600 Å². The van der Waals surface area contributed by atoms with Gasteiger partial charge in [0.05, 0.1) is 26.4 Å². The van der Waals surface area contributed by atoms with Gasteiger partial charge >= 0.3 is 39.5 Å². The van der Waals surface area contributed by atoms with E-state index >= 15 is 0 Å². The minimum Gasteiger partial charge on any atom is -0.462 e. The molecule has 0 bridgehead atoms. The number of hydrogen-bond donors (Lipinski definition) is 3. The molecular formula is C79H154O17P2. The van der Waals surface area contributed by atoms with Crippen LogP contribution in [0.2, 0.25) is 0 Å². The molecule has 582 valence electrons. The Balaban J connectivity index is 5.17. The lowest BCUT2D eigenvalue weighted by molar-refractivity contribution is -0.161. The minimum absolute atomic E-state index is 0.106. The van der Waals surface area contributed by atoms with Crippen molar-refractivity contribution in [2.24, 2.45) is 5.92 Å². The van der Waals surface area contributed by atoms with Crippen LogP contribution in [-0.2, 0) is 65.4 Å². The average Bonchev–Trinajstić information content (AvgIpc) is 1.01. The van der Waals surface area contributed by atoms with Crippen LogP contribution in [0.3, 0.4) is 0 Å². The molecule has 0 aromatic carbocycles. The third-order valence-electron chi connectivity index (χ3n) is 18.5. The summed E-state index contributed by atoms with van der Waals surface area (Å²) >= 11 is 0. The molecule has 0 aliphatic heterocycles. The van der Waals surface area contributed by atoms with Crippen molar-refractivity contribution in [3.8, 4) is 0 Å². The maximum Gasteiger partial charge on any atom is 0.472 e. The summed E-state index contributed by atoms with van der Waals surface area (Å²) in [5, 5.41) is 10.6. The normalized spacial score (nSPS) is 13.9. The number of unbranched alkanes of at least 4 members (excludes halogenated alkanes) is 51. The number of ether oxygens (including phenoxy) is 4. The minimum atomic E-state index is -4.96. The van der Waals surface area contributed by atoms with Gasteiger partial charge < -0.3 is 33.8 Å². The first-order chi connectivity index (χ1) is 47.5. The van der Waals surface area contributed by atoms with E-state index in [4.69, 9.17) is 37.0 Å². The second-order valence-corrected chi connectivity index (χ2v) is 31.8. The van der Waals surface area contributed by atoms with Gasteiger partial charge in [0.1, 0.15) is 19.3 Å². The van der Waals surface area contributed by atoms with Crippen LogP contribution in [0.5, 0.6) is 0 Å². The van der Waals surface area contributed by atoms with E-state index < -0.39 is 97.5 Å². The smallest absolute Gasteiger partial charge is 0.462 e. The monoisotopic (exact) mass is 1440 g/mol. The third-order valence-corrected chi connectivity index (χ3v) is 20.4. The zero-order valence-corrected chi connectivity index (χ0v) is 65.7. The number of phosphoric ester groups is 2. The summed E-state index contributed by atoms with van der Waals surface area (Å²) in [5.74, 6) is -1.35. The highest BCUT2D eigenvalue weighted by Crippen LogP contribution is 2.45. The molecule has 0 aromatic rings. The summed E-state index contributed by atoms with van der Waals surface area (Å²) in [4.78, 5) is 72.8. The summed E-state index contributed by atoms with van der Waals surface area (Å²) in [6, 6.07) is 0. The number of esters is 4. The fourth-order valence-electron chi connectivity index (χ4n) is 12.2. The molecule has 0 heterocycles. The van der Waals surface area contributed by atoms with Gasteiger partial charge in [-0.05, 0) is 31.6 Å². The number of aliphatic hydroxyl groups is 1. The fourth-order valence-corrected chi connectivity index (χ4v) is 13.8. The molecule has 0 fully saturated rings. The van der Waals surface area contributed by atoms with Crippen molar-refractivity contribution >= 4 is 39.5 Å². The van der Waals surface area contributed by atoms with Crippen LogP contribution in [0.25, 0.3) is 0 Å². The summed E-state index contributed by atoms with van der Waals surface area (Å²) < 4.78 is 68.5. The van der Waals surface area contributed by atoms with E-state index in [0.29, 0.717) is 25.7 Å². The lowest BCUT2D eigenvalue weighted by Gasteiger charge is -2.21. The highest BCUT2D eigenvalue weighted by Gasteiger charge is 2.30. The zero-order valence-electron chi connectivity index (χ0n) is 63.9. The van der Waals surface area contributed by atoms with Gasteiger partial charge in [-0.15, -0.1) is 0 Å². The summed E-state index contributed by atoms with van der Waals surface area (Å²) in [6.45, 7) is 7.27. The largest absolute Gasteiger partial charge is 0.472 e. The molecule has 0 aromatic heterocycles. The number of carbonyl (C=O) groups is 4. The van der Waals surface area contributed by atoms with E-state index in [1.807, 2.05) is 0 Å². The van der Waals surface area contributed by atoms with Crippen molar-refractivity contribution in [2.75, 3.05) is 39.6 Å². The SMILES string of the molecule is CCCCCCCCCCCCCCCCCCCCCCCC(=O)O[C@H](COC(=O)CCCCCCCCCCCCCCCCCC)COP(=O)(O)OC[C@@H](O)COP(=O)(O)OC[C@@H](COC(=O)CCCCCCCCC)OC(=O)CCCCCCCCCCCCCC(C)C. The van der Waals surface area contributed by atoms with Crippen molar-refractivity contribution in [3.05, 3.63) is 0 Å². The molecule has 3 N–H and O–H groups in total. The zero-order chi connectivity index (χ0) is 71.9. The number of rotatable bonds is 79. The predicted molar refractivity (Wildman–Crippen MR) is 400 cm³/mol. The summed E-state index contributed by atoms with van der Waals surface area (Å²) in [5.41, 5.74) is 0. The van der Waals surface area contributed by atoms with Crippen LogP contribution in [0, 0.1) is 5.92 Å². The highest BCUT2D eigenvalue weighted by atomic mass is 31.2. The van der Waals surface area contributed by atoms with Crippen molar-refractivity contribution in [1.82, 2.24) is 0 Å². The van der Waals surface area contributed by atoms with Crippen LogP contribution in [0.4, 0.5) is 0 Å². The van der Waals surface area contributed by atoms with Crippen LogP contribution in [0.15, 0.2) is 0 Å². The molecule has 2 unspecified atom stereocenters. The average molecular weight is 1440 g/mol. The molecule has 98 heavy (non-hydrogen) atoms. The van der Waals surface area contributed by atoms with E-state index in [2.05, 4.69) is 34.6 Å². The van der Waals surface area contributed by atoms with Gasteiger partial charge in [-0.1, -0.05) is 369 Å². The highest BCUT2D eigenvalue weighted by molar-refractivity contribution is 7.47. The van der Waals surface area contributed by atoms with Gasteiger partial charge in [0.15, 0.2) is 12.2 Å². The Morgan fingerprint density at radius 3 is 0.694 bits per heavy atom. The van der Waals surface area contributed by atoms with Gasteiger partial charge in [0.2, 0.25) is 0 Å². The lowest BCUT2D eigenvalue weighted by atomic mass is 10.0. The topological polar surface area (TPSA) is 237 Å². The molecule has 0 saturated heterocycles. The molecule has 19 heteroatoms. The molecule has 0 aliphatic rings. The second-order valence-electron chi connectivity index (χ2n) is 28.9. The Morgan fingerprint density at radius 2 is 0.469 bits per heavy atom. The quantitative estimate of drug-likeness (QED) is 0.0222. The molecule has 17 nitrogen and oxygen atoms in total. The van der Waals surface area contributed by atoms with Gasteiger partial charge in [-0.3, -0.25) is 37.3 Å². The Kier molecular flexibility index (Phi) is 70.6. The van der Waals surface area contributed by atoms with Gasteiger partial charge in [0.25, 0.3) is 0 Å². The van der Waals surface area contributed by atoms with Crippen molar-refractivity contribution in [1.29, 1.82) is 0 Å². The van der Waals surface area contributed by atoms with E-state index in [1.165, 1.54) is 231 Å². The van der Waals surface area contributed by atoms with Crippen LogP contribution in [-0.4, -0.2) is 96.7 Å². The first-order valence-electron chi connectivity index (χ1n) is 41.1. The lowest BCUT2D eigenvalue weighted by Crippen LogP contribution is -2.30. The first-order valence-corrected chi connectivity index (χ1v) is 44.1. The number of phosphoric acid groups is 2. The molecule has 0 rings (SSSR count). The van der Waals surface area contributed by atoms with E-state index in [0.717, 1.165) is 109 Å². The standard InChI is InChI=1S/C79H154O17P2/c1-6-9-12-15-18-20-22-24-26-28-29-30-31-32-34-36-40-44-49-54-59-64-78(83)96-75(69-90-77(82)63-58-53-48-43-39-35-33-27-25-23-21-19-16-13-10-7-2)71-94-98(87,88)92-67-73(80)66-91-97(85,86)93-70-74(68-89-76(81)62-57-52-46-17-14-11-8-3)95-79(84)65-60-55-50-45-41-37-38-42-47-51-56-61-72(4)5/h72-75,80H,6-71H2,1-5H3,(H,85,86)(H,87,88)/t73-,74+,75+/m0/s1. The number of hydrogen-bond acceptors (Lipinski definition) is 15. The van der Waals surface area contributed by atoms with Crippen LogP contribution in [0.1, 0.15) is 420 Å². The first kappa shape index (κ1) is 96.1. The maximum absolute atomic E-state index is 13.1. The van der Waals surface area contributed by atoms with Gasteiger partial charge in [-0.2, -0.15) is 0 Å². The van der Waals surface area contributed by atoms with Crippen molar-refractivity contribution in [3.63, 3.8) is 0 Å². The molecular weight excluding hydrogens is 1280 g/mol. The third kappa shape index (κ3) is 72.4. The van der Waals surface area contributed by atoms with Crippen molar-refractivity contribution in [2.45, 2.75) is 438 Å². The molecule has 0 aliphatic carbocycles. The Morgan fingerprint density at radius 1 is 0.276 bits per heavy atom. The van der Waals surface area contributed by atoms with Crippen LogP contribution < -0.4 is 0 Å². The van der Waals surface area contributed by atoms with E-state index in [-0.39, 0.29) is 25.7 Å². The van der Waals surface area contributed by atoms with Crippen LogP contribution >= 0.6 is 15.6 Å². The fraction of sp³-hybridized carbons (Fsp3) is 0.949. The van der Waals surface area contributed by atoms with Gasteiger partial charge in [-0.25, -0.2) is 9.13 Å². The van der Waals surface area contributed by atoms with Gasteiger partial charge in [0, 0.05) is 25.7 Å². The molecule has 5 atom stereocenters. The van der Waals surface area contributed by atoms with E-state index in [1.54, 1.807) is 0 Å².